The average molecular weight is 533 g/mol. The summed E-state index contributed by atoms with van der Waals surface area (Å²) in [6, 6.07) is 16.2. The molecule has 0 saturated heterocycles. The van der Waals surface area contributed by atoms with E-state index in [0.29, 0.717) is 40.9 Å². The second kappa shape index (κ2) is 9.59. The number of benzene rings is 3. The van der Waals surface area contributed by atoms with Crippen molar-refractivity contribution >= 4 is 33.8 Å². The Morgan fingerprint density at radius 1 is 1.18 bits per heavy atom. The van der Waals surface area contributed by atoms with E-state index < -0.39 is 11.6 Å². The molecule has 5 aromatic rings. The highest BCUT2D eigenvalue weighted by Crippen LogP contribution is 2.41. The van der Waals surface area contributed by atoms with E-state index in [-0.39, 0.29) is 6.61 Å². The van der Waals surface area contributed by atoms with E-state index in [1.54, 1.807) is 13.2 Å². The number of hydrogen-bond donors (Lipinski definition) is 1. The smallest absolute Gasteiger partial charge is 0.439 e. The van der Waals surface area contributed by atoms with Gasteiger partial charge in [0.2, 0.25) is 0 Å². The zero-order valence-electron chi connectivity index (χ0n) is 20.5. The van der Waals surface area contributed by atoms with Crippen LogP contribution in [0.4, 0.5) is 4.39 Å². The van der Waals surface area contributed by atoms with E-state index in [9.17, 15) is 9.18 Å². The molecule has 10 heteroatoms. The summed E-state index contributed by atoms with van der Waals surface area (Å²) >= 11 is 6.41. The first kappa shape index (κ1) is 24.1. The molecule has 6 rings (SSSR count). The number of rotatable bonds is 5. The number of para-hydroxylation sites is 1. The van der Waals surface area contributed by atoms with Gasteiger partial charge in [-0.15, -0.1) is 0 Å². The first-order valence-electron chi connectivity index (χ1n) is 11.9. The Balaban J connectivity index is 1.48. The third-order valence-corrected chi connectivity index (χ3v) is 6.93. The SMILES string of the molecule is COCc1nc2c(Cl)cccc2n1Cc1ccc2c(c1)COc1cc(F)ccc1/C2=C(\C)c1noc(=O)[nH]1. The van der Waals surface area contributed by atoms with Crippen LogP contribution in [0.2, 0.25) is 5.02 Å². The molecule has 3 aromatic carbocycles. The third kappa shape index (κ3) is 4.19. The molecule has 192 valence electrons. The van der Waals surface area contributed by atoms with E-state index in [1.807, 2.05) is 37.3 Å². The predicted molar refractivity (Wildman–Crippen MR) is 140 cm³/mol. The largest absolute Gasteiger partial charge is 0.488 e. The molecule has 3 heterocycles. The van der Waals surface area contributed by atoms with Crippen molar-refractivity contribution in [1.29, 1.82) is 0 Å². The summed E-state index contributed by atoms with van der Waals surface area (Å²) in [6.07, 6.45) is 0. The Labute approximate surface area is 221 Å². The molecular weight excluding hydrogens is 511 g/mol. The van der Waals surface area contributed by atoms with E-state index in [1.165, 1.54) is 12.1 Å². The van der Waals surface area contributed by atoms with Gasteiger partial charge in [0.25, 0.3) is 0 Å². The van der Waals surface area contributed by atoms with E-state index in [0.717, 1.165) is 39.1 Å². The van der Waals surface area contributed by atoms with Gasteiger partial charge in [-0.1, -0.05) is 35.0 Å². The number of H-pyrrole nitrogens is 1. The van der Waals surface area contributed by atoms with Gasteiger partial charge in [-0.05, 0) is 59.5 Å². The van der Waals surface area contributed by atoms with Crippen molar-refractivity contribution in [2.24, 2.45) is 0 Å². The number of halogens is 2. The molecule has 0 unspecified atom stereocenters. The van der Waals surface area contributed by atoms with Gasteiger partial charge in [-0.3, -0.25) is 9.51 Å². The number of nitrogens with one attached hydrogen (secondary N) is 1. The van der Waals surface area contributed by atoms with E-state index >= 15 is 0 Å². The van der Waals surface area contributed by atoms with Crippen LogP contribution in [0, 0.1) is 5.82 Å². The summed E-state index contributed by atoms with van der Waals surface area (Å²) in [5, 5.41) is 4.45. The lowest BCUT2D eigenvalue weighted by Crippen LogP contribution is -2.07. The Bertz CT molecular complexity index is 1790. The molecule has 0 amide bonds. The molecule has 0 bridgehead atoms. The normalized spacial score (nSPS) is 14.1. The van der Waals surface area contributed by atoms with Gasteiger partial charge in [0.15, 0.2) is 5.82 Å². The molecule has 0 radical (unpaired) electrons. The Kier molecular flexibility index (Phi) is 6.09. The Hall–Kier alpha value is -4.21. The Morgan fingerprint density at radius 3 is 2.82 bits per heavy atom. The minimum absolute atomic E-state index is 0.229. The minimum atomic E-state index is -0.653. The van der Waals surface area contributed by atoms with Gasteiger partial charge in [-0.2, -0.15) is 0 Å². The van der Waals surface area contributed by atoms with Crippen molar-refractivity contribution in [2.75, 3.05) is 7.11 Å². The lowest BCUT2D eigenvalue weighted by molar-refractivity contribution is 0.175. The first-order valence-corrected chi connectivity index (χ1v) is 12.3. The van der Waals surface area contributed by atoms with Gasteiger partial charge in [-0.25, -0.2) is 14.2 Å². The molecule has 0 atom stereocenters. The van der Waals surface area contributed by atoms with E-state index in [2.05, 4.69) is 20.8 Å². The number of imidazole rings is 1. The lowest BCUT2D eigenvalue weighted by Gasteiger charge is -2.15. The molecule has 38 heavy (non-hydrogen) atoms. The van der Waals surface area contributed by atoms with Crippen LogP contribution in [-0.2, 0) is 24.5 Å². The molecule has 1 aliphatic heterocycles. The highest BCUT2D eigenvalue weighted by Gasteiger charge is 2.24. The van der Waals surface area contributed by atoms with Crippen molar-refractivity contribution < 1.29 is 18.4 Å². The molecule has 1 N–H and O–H groups in total. The van der Waals surface area contributed by atoms with Crippen LogP contribution in [-0.4, -0.2) is 26.8 Å². The van der Waals surface area contributed by atoms with Gasteiger partial charge < -0.3 is 14.0 Å². The van der Waals surface area contributed by atoms with Crippen molar-refractivity contribution in [3.63, 3.8) is 0 Å². The zero-order chi connectivity index (χ0) is 26.4. The highest BCUT2D eigenvalue weighted by atomic mass is 35.5. The second-order valence-corrected chi connectivity index (χ2v) is 9.43. The van der Waals surface area contributed by atoms with Crippen LogP contribution in [0.25, 0.3) is 22.2 Å². The second-order valence-electron chi connectivity index (χ2n) is 9.02. The molecule has 0 saturated carbocycles. The quantitative estimate of drug-likeness (QED) is 0.318. The molecule has 8 nitrogen and oxygen atoms in total. The van der Waals surface area contributed by atoms with Crippen molar-refractivity contribution in [1.82, 2.24) is 19.7 Å². The summed E-state index contributed by atoms with van der Waals surface area (Å²) in [6.45, 7) is 2.92. The Morgan fingerprint density at radius 2 is 2.03 bits per heavy atom. The summed E-state index contributed by atoms with van der Waals surface area (Å²) in [7, 11) is 1.63. The van der Waals surface area contributed by atoms with Crippen molar-refractivity contribution in [3.05, 3.63) is 110 Å². The van der Waals surface area contributed by atoms with E-state index in [4.69, 9.17) is 30.6 Å². The number of methoxy groups -OCH3 is 1. The number of aromatic amines is 1. The summed E-state index contributed by atoms with van der Waals surface area (Å²) in [4.78, 5) is 19.0. The predicted octanol–water partition coefficient (Wildman–Crippen LogP) is 5.57. The number of nitrogens with zero attached hydrogens (tertiary/aromatic N) is 3. The average Bonchev–Trinajstić information content (AvgIpc) is 3.45. The van der Waals surface area contributed by atoms with Crippen LogP contribution in [0.15, 0.2) is 63.9 Å². The summed E-state index contributed by atoms with van der Waals surface area (Å²) < 4.78 is 32.4. The van der Waals surface area contributed by atoms with Crippen LogP contribution < -0.4 is 10.5 Å². The molecule has 0 fully saturated rings. The molecule has 0 spiro atoms. The molecule has 0 aliphatic carbocycles. The van der Waals surface area contributed by atoms with Crippen LogP contribution >= 0.6 is 11.6 Å². The number of fused-ring (bicyclic) bond motifs is 3. The zero-order valence-corrected chi connectivity index (χ0v) is 21.3. The minimum Gasteiger partial charge on any atom is -0.488 e. The third-order valence-electron chi connectivity index (χ3n) is 6.63. The molecular formula is C28H22ClFN4O4. The lowest BCUT2D eigenvalue weighted by atomic mass is 9.89. The number of aromatic nitrogens is 4. The van der Waals surface area contributed by atoms with Gasteiger partial charge in [0.1, 0.15) is 36.1 Å². The van der Waals surface area contributed by atoms with Gasteiger partial charge in [0.05, 0.1) is 10.5 Å². The maximum absolute atomic E-state index is 14.1. The topological polar surface area (TPSA) is 95.2 Å². The van der Waals surface area contributed by atoms with Gasteiger partial charge >= 0.3 is 5.76 Å². The summed E-state index contributed by atoms with van der Waals surface area (Å²) in [5.74, 6) is 0.401. The fourth-order valence-electron chi connectivity index (χ4n) is 4.90. The maximum Gasteiger partial charge on any atom is 0.439 e. The van der Waals surface area contributed by atoms with Crippen LogP contribution in [0.1, 0.15) is 40.8 Å². The standard InChI is InChI=1S/C28H22ClFN4O4/c1-15(27-32-28(35)38-33-27)25-19-8-6-16(10-17(19)13-37-23-11-18(30)7-9-20(23)25)12-34-22-5-3-4-21(29)26(22)31-24(34)14-36-2/h3-11H,12-14H2,1-2H3,(H,32,33,35)/b25-15+. The van der Waals surface area contributed by atoms with Crippen molar-refractivity contribution in [2.45, 2.75) is 26.7 Å². The van der Waals surface area contributed by atoms with Gasteiger partial charge in [0, 0.05) is 30.9 Å². The fraction of sp³-hybridized carbons (Fsp3) is 0.179. The highest BCUT2D eigenvalue weighted by molar-refractivity contribution is 6.34. The monoisotopic (exact) mass is 532 g/mol. The van der Waals surface area contributed by atoms with Crippen LogP contribution in [0.3, 0.4) is 0 Å². The number of ether oxygens (including phenoxy) is 2. The number of hydrogen-bond acceptors (Lipinski definition) is 6. The van der Waals surface area contributed by atoms with Crippen molar-refractivity contribution in [3.8, 4) is 5.75 Å². The maximum atomic E-state index is 14.1. The molecule has 1 aliphatic rings. The summed E-state index contributed by atoms with van der Waals surface area (Å²) in [5.41, 5.74) is 6.55. The van der Waals surface area contributed by atoms with Crippen LogP contribution in [0.5, 0.6) is 5.75 Å². The first-order chi connectivity index (χ1) is 18.4. The molecule has 2 aromatic heterocycles. The fourth-order valence-corrected chi connectivity index (χ4v) is 5.12. The number of allylic oxidation sites excluding steroid dienone is 1.